The number of hydrogen-bond donors (Lipinski definition) is 0. The van der Waals surface area contributed by atoms with Crippen LogP contribution in [0.2, 0.25) is 0 Å². The van der Waals surface area contributed by atoms with Crippen molar-refractivity contribution in [3.05, 3.63) is 29.8 Å². The summed E-state index contributed by atoms with van der Waals surface area (Å²) in [6.45, 7) is 4.28. The zero-order valence-corrected chi connectivity index (χ0v) is 8.95. The maximum absolute atomic E-state index is 4.34. The van der Waals surface area contributed by atoms with E-state index in [9.17, 15) is 0 Å². The zero-order valence-electron chi connectivity index (χ0n) is 8.14. The second kappa shape index (κ2) is 3.84. The van der Waals surface area contributed by atoms with E-state index in [1.165, 1.54) is 0 Å². The van der Waals surface area contributed by atoms with Crippen molar-refractivity contribution in [2.75, 3.05) is 0 Å². The molecule has 0 bridgehead atoms. The van der Waals surface area contributed by atoms with E-state index in [0.717, 1.165) is 15.6 Å². The highest BCUT2D eigenvalue weighted by Crippen LogP contribution is 2.27. The summed E-state index contributed by atoms with van der Waals surface area (Å²) in [6.07, 6.45) is 7.00. The largest absolute Gasteiger partial charge is 0.261 e. The Morgan fingerprint density at radius 2 is 2.00 bits per heavy atom. The third-order valence-electron chi connectivity index (χ3n) is 1.83. The van der Waals surface area contributed by atoms with Crippen LogP contribution in [0.4, 0.5) is 0 Å². The molecule has 0 amide bonds. The summed E-state index contributed by atoms with van der Waals surface area (Å²) in [6, 6.07) is 0. The van der Waals surface area contributed by atoms with Gasteiger partial charge in [-0.3, -0.25) is 9.97 Å². The summed E-state index contributed by atoms with van der Waals surface area (Å²) < 4.78 is 0. The van der Waals surface area contributed by atoms with Crippen LogP contribution in [0.25, 0.3) is 10.6 Å². The van der Waals surface area contributed by atoms with E-state index >= 15 is 0 Å². The van der Waals surface area contributed by atoms with Crippen molar-refractivity contribution in [2.24, 2.45) is 0 Å². The maximum Gasteiger partial charge on any atom is 0.100 e. The quantitative estimate of drug-likeness (QED) is 0.756. The highest BCUT2D eigenvalue weighted by Gasteiger charge is 2.07. The summed E-state index contributed by atoms with van der Waals surface area (Å²) in [5.74, 6) is 0.477. The maximum atomic E-state index is 4.34. The van der Waals surface area contributed by atoms with Crippen LogP contribution in [0.15, 0.2) is 24.8 Å². The standard InChI is InChI=1S/C10H11N3S/c1-7(2)10-13-6-9(14-10)8-5-11-3-4-12-8/h3-7H,1-2H3. The number of nitrogens with zero attached hydrogens (tertiary/aromatic N) is 3. The third kappa shape index (κ3) is 1.80. The number of rotatable bonds is 2. The van der Waals surface area contributed by atoms with E-state index in [2.05, 4.69) is 28.8 Å². The Morgan fingerprint density at radius 1 is 1.14 bits per heavy atom. The van der Waals surface area contributed by atoms with E-state index in [1.807, 2.05) is 6.20 Å². The average Bonchev–Trinajstić information content (AvgIpc) is 2.68. The summed E-state index contributed by atoms with van der Waals surface area (Å²) in [5.41, 5.74) is 0.900. The average molecular weight is 205 g/mol. The van der Waals surface area contributed by atoms with Crippen LogP contribution in [0.3, 0.4) is 0 Å². The van der Waals surface area contributed by atoms with Gasteiger partial charge in [-0.05, 0) is 0 Å². The first-order chi connectivity index (χ1) is 6.77. The van der Waals surface area contributed by atoms with Gasteiger partial charge in [0.2, 0.25) is 0 Å². The van der Waals surface area contributed by atoms with Gasteiger partial charge in [0, 0.05) is 24.5 Å². The molecule has 0 aliphatic carbocycles. The van der Waals surface area contributed by atoms with Gasteiger partial charge in [0.05, 0.1) is 16.1 Å². The van der Waals surface area contributed by atoms with Crippen molar-refractivity contribution in [3.63, 3.8) is 0 Å². The first-order valence-electron chi connectivity index (χ1n) is 4.49. The Morgan fingerprint density at radius 3 is 2.57 bits per heavy atom. The lowest BCUT2D eigenvalue weighted by Crippen LogP contribution is -1.81. The van der Waals surface area contributed by atoms with Gasteiger partial charge >= 0.3 is 0 Å². The molecule has 4 heteroatoms. The fourth-order valence-corrected chi connectivity index (χ4v) is 1.98. The molecule has 0 saturated carbocycles. The molecule has 0 N–H and O–H groups in total. The van der Waals surface area contributed by atoms with Crippen LogP contribution in [-0.2, 0) is 0 Å². The van der Waals surface area contributed by atoms with Gasteiger partial charge in [0.15, 0.2) is 0 Å². The summed E-state index contributed by atoms with van der Waals surface area (Å²) >= 11 is 1.68. The molecule has 2 rings (SSSR count). The number of thiazole rings is 1. The van der Waals surface area contributed by atoms with Crippen molar-refractivity contribution in [1.82, 2.24) is 15.0 Å². The topological polar surface area (TPSA) is 38.7 Å². The molecule has 0 spiro atoms. The second-order valence-electron chi connectivity index (χ2n) is 3.31. The number of hydrogen-bond acceptors (Lipinski definition) is 4. The van der Waals surface area contributed by atoms with Gasteiger partial charge in [-0.25, -0.2) is 4.98 Å². The minimum Gasteiger partial charge on any atom is -0.261 e. The molecule has 72 valence electrons. The predicted octanol–water partition coefficient (Wildman–Crippen LogP) is 2.72. The molecule has 0 saturated heterocycles. The molecule has 2 aromatic heterocycles. The van der Waals surface area contributed by atoms with Gasteiger partial charge in [-0.15, -0.1) is 11.3 Å². The van der Waals surface area contributed by atoms with Crippen LogP contribution in [0.1, 0.15) is 24.8 Å². The van der Waals surface area contributed by atoms with Gasteiger partial charge in [0.25, 0.3) is 0 Å². The smallest absolute Gasteiger partial charge is 0.100 e. The molecule has 14 heavy (non-hydrogen) atoms. The minimum atomic E-state index is 0.477. The highest BCUT2D eigenvalue weighted by atomic mass is 32.1. The fraction of sp³-hybridized carbons (Fsp3) is 0.300. The van der Waals surface area contributed by atoms with Crippen LogP contribution in [-0.4, -0.2) is 15.0 Å². The lowest BCUT2D eigenvalue weighted by atomic mass is 10.2. The van der Waals surface area contributed by atoms with Crippen molar-refractivity contribution in [3.8, 4) is 10.6 Å². The molecule has 3 nitrogen and oxygen atoms in total. The third-order valence-corrected chi connectivity index (χ3v) is 3.15. The Balaban J connectivity index is 2.34. The van der Waals surface area contributed by atoms with Crippen LogP contribution in [0, 0.1) is 0 Å². The predicted molar refractivity (Wildman–Crippen MR) is 57.2 cm³/mol. The Hall–Kier alpha value is -1.29. The second-order valence-corrected chi connectivity index (χ2v) is 4.37. The molecule has 0 aliphatic heterocycles. The Labute approximate surface area is 86.9 Å². The van der Waals surface area contributed by atoms with Crippen molar-refractivity contribution in [2.45, 2.75) is 19.8 Å². The zero-order chi connectivity index (χ0) is 9.97. The molecular weight excluding hydrogens is 194 g/mol. The van der Waals surface area contributed by atoms with Gasteiger partial charge in [0.1, 0.15) is 5.69 Å². The van der Waals surface area contributed by atoms with Gasteiger partial charge in [-0.2, -0.15) is 0 Å². The van der Waals surface area contributed by atoms with Crippen molar-refractivity contribution < 1.29 is 0 Å². The van der Waals surface area contributed by atoms with E-state index in [0.29, 0.717) is 5.92 Å². The first-order valence-corrected chi connectivity index (χ1v) is 5.31. The van der Waals surface area contributed by atoms with Crippen LogP contribution in [0.5, 0.6) is 0 Å². The lowest BCUT2D eigenvalue weighted by molar-refractivity contribution is 0.852. The monoisotopic (exact) mass is 205 g/mol. The highest BCUT2D eigenvalue weighted by molar-refractivity contribution is 7.15. The molecular formula is C10H11N3S. The SMILES string of the molecule is CC(C)c1ncc(-c2cnccn2)s1. The van der Waals surface area contributed by atoms with Crippen LogP contribution < -0.4 is 0 Å². The summed E-state index contributed by atoms with van der Waals surface area (Å²) in [7, 11) is 0. The van der Waals surface area contributed by atoms with Gasteiger partial charge in [-0.1, -0.05) is 13.8 Å². The molecule has 0 radical (unpaired) electrons. The molecule has 0 unspecified atom stereocenters. The number of aromatic nitrogens is 3. The van der Waals surface area contributed by atoms with Crippen molar-refractivity contribution in [1.29, 1.82) is 0 Å². The van der Waals surface area contributed by atoms with Crippen molar-refractivity contribution >= 4 is 11.3 Å². The molecule has 0 aromatic carbocycles. The lowest BCUT2D eigenvalue weighted by Gasteiger charge is -1.95. The van der Waals surface area contributed by atoms with Gasteiger partial charge < -0.3 is 0 Å². The Kier molecular flexibility index (Phi) is 2.54. The molecule has 0 fully saturated rings. The summed E-state index contributed by atoms with van der Waals surface area (Å²) in [4.78, 5) is 13.7. The molecule has 2 aromatic rings. The van der Waals surface area contributed by atoms with E-state index in [4.69, 9.17) is 0 Å². The minimum absolute atomic E-state index is 0.477. The van der Waals surface area contributed by atoms with E-state index in [-0.39, 0.29) is 0 Å². The fourth-order valence-electron chi connectivity index (χ4n) is 1.10. The first kappa shape index (κ1) is 9.27. The normalized spacial score (nSPS) is 10.8. The Bertz CT molecular complexity index is 408. The van der Waals surface area contributed by atoms with E-state index < -0.39 is 0 Å². The van der Waals surface area contributed by atoms with Crippen LogP contribution >= 0.6 is 11.3 Å². The summed E-state index contributed by atoms with van der Waals surface area (Å²) in [5, 5.41) is 1.14. The molecule has 0 aliphatic rings. The van der Waals surface area contributed by atoms with E-state index in [1.54, 1.807) is 29.9 Å². The molecule has 0 atom stereocenters. The molecule has 2 heterocycles.